The van der Waals surface area contributed by atoms with Crippen LogP contribution in [-0.2, 0) is 16.0 Å². The highest BCUT2D eigenvalue weighted by molar-refractivity contribution is 5.78. The number of carbonyl (C=O) groups excluding carboxylic acids is 1. The molecule has 1 atom stereocenters. The van der Waals surface area contributed by atoms with Crippen molar-refractivity contribution >= 4 is 11.6 Å². The summed E-state index contributed by atoms with van der Waals surface area (Å²) in [5.74, 6) is 0.0446. The van der Waals surface area contributed by atoms with Crippen LogP contribution < -0.4 is 0 Å². The normalized spacial score (nSPS) is 19.4. The third-order valence-electron chi connectivity index (χ3n) is 4.09. The first-order valence-electron chi connectivity index (χ1n) is 7.57. The number of aliphatic hydroxyl groups excluding tert-OH is 1. The van der Waals surface area contributed by atoms with Gasteiger partial charge < -0.3 is 19.1 Å². The average Bonchev–Trinajstić information content (AvgIpc) is 2.78. The Morgan fingerprint density at radius 1 is 1.55 bits per heavy atom. The SMILES string of the molecule is Cc1cccn2c(CC(=O)N3CCOCC(CO)C3)cnc12. The number of nitrogens with zero attached hydrogens (tertiary/aromatic N) is 3. The van der Waals surface area contributed by atoms with Gasteiger partial charge >= 0.3 is 0 Å². The molecule has 0 aromatic carbocycles. The van der Waals surface area contributed by atoms with Crippen LogP contribution in [0.2, 0.25) is 0 Å². The minimum Gasteiger partial charge on any atom is -0.396 e. The number of fused-ring (bicyclic) bond motifs is 1. The molecule has 0 aliphatic carbocycles. The topological polar surface area (TPSA) is 67.1 Å². The van der Waals surface area contributed by atoms with E-state index in [0.29, 0.717) is 32.7 Å². The van der Waals surface area contributed by atoms with Gasteiger partial charge in [0.15, 0.2) is 0 Å². The monoisotopic (exact) mass is 303 g/mol. The summed E-state index contributed by atoms with van der Waals surface area (Å²) in [6.45, 7) is 4.20. The van der Waals surface area contributed by atoms with E-state index in [4.69, 9.17) is 4.74 Å². The zero-order valence-corrected chi connectivity index (χ0v) is 12.7. The quantitative estimate of drug-likeness (QED) is 0.904. The lowest BCUT2D eigenvalue weighted by atomic mass is 10.1. The van der Waals surface area contributed by atoms with E-state index < -0.39 is 0 Å². The van der Waals surface area contributed by atoms with Crippen LogP contribution in [0, 0.1) is 12.8 Å². The first kappa shape index (κ1) is 15.0. The number of hydrogen-bond acceptors (Lipinski definition) is 4. The standard InChI is InChI=1S/C16H21N3O3/c1-12-3-2-4-19-14(8-17-16(12)19)7-15(21)18-5-6-22-11-13(9-18)10-20/h2-4,8,13,20H,5-7,9-11H2,1H3. The number of amides is 1. The van der Waals surface area contributed by atoms with Crippen LogP contribution in [0.5, 0.6) is 0 Å². The lowest BCUT2D eigenvalue weighted by molar-refractivity contribution is -0.131. The molecule has 6 nitrogen and oxygen atoms in total. The molecular weight excluding hydrogens is 282 g/mol. The molecule has 0 spiro atoms. The van der Waals surface area contributed by atoms with Gasteiger partial charge in [0.2, 0.25) is 5.91 Å². The second kappa shape index (κ2) is 6.46. The van der Waals surface area contributed by atoms with E-state index in [-0.39, 0.29) is 18.4 Å². The first-order valence-corrected chi connectivity index (χ1v) is 7.57. The molecule has 2 aromatic rings. The number of aliphatic hydroxyl groups is 1. The van der Waals surface area contributed by atoms with E-state index in [2.05, 4.69) is 4.98 Å². The van der Waals surface area contributed by atoms with Gasteiger partial charge in [-0.2, -0.15) is 0 Å². The summed E-state index contributed by atoms with van der Waals surface area (Å²) in [7, 11) is 0. The maximum Gasteiger partial charge on any atom is 0.228 e. The minimum atomic E-state index is -0.00382. The van der Waals surface area contributed by atoms with Crippen molar-refractivity contribution in [3.05, 3.63) is 35.8 Å². The second-order valence-electron chi connectivity index (χ2n) is 5.77. The van der Waals surface area contributed by atoms with E-state index in [1.54, 1.807) is 11.1 Å². The highest BCUT2D eigenvalue weighted by atomic mass is 16.5. The molecule has 1 aliphatic rings. The molecule has 0 saturated carbocycles. The average molecular weight is 303 g/mol. The van der Waals surface area contributed by atoms with Crippen LogP contribution in [0.3, 0.4) is 0 Å². The van der Waals surface area contributed by atoms with E-state index in [9.17, 15) is 9.90 Å². The molecule has 118 valence electrons. The van der Waals surface area contributed by atoms with E-state index in [1.807, 2.05) is 29.7 Å². The molecule has 1 aliphatic heterocycles. The Labute approximate surface area is 129 Å². The largest absolute Gasteiger partial charge is 0.396 e. The molecule has 3 heterocycles. The summed E-state index contributed by atoms with van der Waals surface area (Å²) >= 11 is 0. The van der Waals surface area contributed by atoms with Crippen molar-refractivity contribution in [1.82, 2.24) is 14.3 Å². The number of hydrogen-bond donors (Lipinski definition) is 1. The van der Waals surface area contributed by atoms with Crippen LogP contribution in [-0.4, -0.2) is 58.2 Å². The first-order chi connectivity index (χ1) is 10.7. The van der Waals surface area contributed by atoms with Crippen molar-refractivity contribution in [3.8, 4) is 0 Å². The van der Waals surface area contributed by atoms with Crippen molar-refractivity contribution < 1.29 is 14.6 Å². The summed E-state index contributed by atoms with van der Waals surface area (Å²) in [6, 6.07) is 3.96. The Balaban J connectivity index is 1.76. The van der Waals surface area contributed by atoms with Crippen molar-refractivity contribution in [2.24, 2.45) is 5.92 Å². The number of aryl methyl sites for hydroxylation is 1. The van der Waals surface area contributed by atoms with E-state index in [0.717, 1.165) is 16.9 Å². The Kier molecular flexibility index (Phi) is 4.40. The van der Waals surface area contributed by atoms with Crippen molar-refractivity contribution in [2.45, 2.75) is 13.3 Å². The Morgan fingerprint density at radius 2 is 2.41 bits per heavy atom. The number of rotatable bonds is 3. The molecule has 0 bridgehead atoms. The number of carbonyl (C=O) groups is 1. The maximum atomic E-state index is 12.6. The summed E-state index contributed by atoms with van der Waals surface area (Å²) in [6.07, 6.45) is 4.00. The van der Waals surface area contributed by atoms with Crippen LogP contribution in [0.4, 0.5) is 0 Å². The fraction of sp³-hybridized carbons (Fsp3) is 0.500. The third-order valence-corrected chi connectivity index (χ3v) is 4.09. The lowest BCUT2D eigenvalue weighted by Gasteiger charge is -2.22. The van der Waals surface area contributed by atoms with Gasteiger partial charge in [0.1, 0.15) is 5.65 Å². The van der Waals surface area contributed by atoms with Gasteiger partial charge in [0, 0.05) is 38.0 Å². The lowest BCUT2D eigenvalue weighted by Crippen LogP contribution is -2.37. The summed E-state index contributed by atoms with van der Waals surface area (Å²) in [5.41, 5.74) is 2.86. The number of aromatic nitrogens is 2. The molecule has 22 heavy (non-hydrogen) atoms. The Hall–Kier alpha value is -1.92. The third kappa shape index (κ3) is 2.98. The highest BCUT2D eigenvalue weighted by Crippen LogP contribution is 2.14. The van der Waals surface area contributed by atoms with E-state index >= 15 is 0 Å². The number of pyridine rings is 1. The van der Waals surface area contributed by atoms with Gasteiger partial charge in [0.25, 0.3) is 0 Å². The predicted molar refractivity (Wildman–Crippen MR) is 81.6 cm³/mol. The maximum absolute atomic E-state index is 12.6. The fourth-order valence-electron chi connectivity index (χ4n) is 2.82. The van der Waals surface area contributed by atoms with Gasteiger partial charge in [-0.1, -0.05) is 6.07 Å². The molecule has 0 radical (unpaired) electrons. The van der Waals surface area contributed by atoms with Gasteiger partial charge in [0.05, 0.1) is 25.3 Å². The van der Waals surface area contributed by atoms with Crippen molar-refractivity contribution in [3.63, 3.8) is 0 Å². The fourth-order valence-corrected chi connectivity index (χ4v) is 2.82. The van der Waals surface area contributed by atoms with E-state index in [1.165, 1.54) is 0 Å². The number of imidazole rings is 1. The molecule has 6 heteroatoms. The summed E-state index contributed by atoms with van der Waals surface area (Å²) in [4.78, 5) is 18.7. The van der Waals surface area contributed by atoms with Crippen LogP contribution in [0.15, 0.2) is 24.5 Å². The Morgan fingerprint density at radius 3 is 3.23 bits per heavy atom. The minimum absolute atomic E-state index is 0.00382. The van der Waals surface area contributed by atoms with Gasteiger partial charge in [-0.05, 0) is 18.6 Å². The molecule has 1 unspecified atom stereocenters. The molecule has 3 rings (SSSR count). The highest BCUT2D eigenvalue weighted by Gasteiger charge is 2.23. The molecule has 1 saturated heterocycles. The molecule has 2 aromatic heterocycles. The van der Waals surface area contributed by atoms with Gasteiger partial charge in [-0.15, -0.1) is 0 Å². The molecular formula is C16H21N3O3. The van der Waals surface area contributed by atoms with Crippen molar-refractivity contribution in [2.75, 3.05) is 32.9 Å². The van der Waals surface area contributed by atoms with Crippen LogP contribution in [0.25, 0.3) is 5.65 Å². The number of ether oxygens (including phenoxy) is 1. The zero-order valence-electron chi connectivity index (χ0n) is 12.7. The Bertz CT molecular complexity index is 668. The molecule has 1 N–H and O–H groups in total. The summed E-state index contributed by atoms with van der Waals surface area (Å²) in [5, 5.41) is 9.31. The second-order valence-corrected chi connectivity index (χ2v) is 5.77. The van der Waals surface area contributed by atoms with Crippen molar-refractivity contribution in [1.29, 1.82) is 0 Å². The molecule has 1 fully saturated rings. The summed E-state index contributed by atoms with van der Waals surface area (Å²) < 4.78 is 7.39. The van der Waals surface area contributed by atoms with Crippen LogP contribution in [0.1, 0.15) is 11.3 Å². The zero-order chi connectivity index (χ0) is 15.5. The van der Waals surface area contributed by atoms with Crippen LogP contribution >= 0.6 is 0 Å². The molecule has 1 amide bonds. The van der Waals surface area contributed by atoms with Gasteiger partial charge in [-0.25, -0.2) is 4.98 Å². The smallest absolute Gasteiger partial charge is 0.228 e. The predicted octanol–water partition coefficient (Wildman–Crippen LogP) is 0.653. The van der Waals surface area contributed by atoms with Gasteiger partial charge in [-0.3, -0.25) is 4.79 Å².